The first-order valence-corrected chi connectivity index (χ1v) is 35.4. The van der Waals surface area contributed by atoms with E-state index in [-0.39, 0.29) is 49.4 Å². The van der Waals surface area contributed by atoms with Crippen LogP contribution in [0.4, 0.5) is 0 Å². The number of allylic oxidation sites excluding steroid dienone is 2. The zero-order valence-corrected chi connectivity index (χ0v) is 57.5. The summed E-state index contributed by atoms with van der Waals surface area (Å²) < 4.78 is 30.0. The molecule has 34 atom stereocenters. The molecule has 2 heterocycles. The number of ether oxygens (including phenoxy) is 5. The lowest BCUT2D eigenvalue weighted by atomic mass is 9.32. The van der Waals surface area contributed by atoms with Crippen molar-refractivity contribution in [2.24, 2.45) is 101 Å². The molecule has 12 rings (SSSR count). The van der Waals surface area contributed by atoms with E-state index >= 15 is 9.59 Å². The summed E-state index contributed by atoms with van der Waals surface area (Å²) in [4.78, 5) is 60.3. The molecule has 12 aliphatic rings. The molecule has 536 valence electrons. The SMILES string of the molecule is C[C@@H]1CC[C@]2(C(=O)O[C@@H]3O[C@H](CO)[C@@H](O)[C@H](O)[C@H]3O)CC[C@]3(C)C(=CC[C@@H]4[C@@]5(C)C[C@@H](O)[C@H](O)[C@@](C)(C(=O)O[C@@H]6[C@H](O)C[C@]7(C)[C@H]8CC=C9[C@H]%10[C@](C(=O)O[C@@H]%11O[C@H](CO)[C@@H](O)[C@H](O)[C@H]%11O)(CC[C@@H](C)[C@@]%10(C)O)CC[C@@]9(C)[C@]8(C)CC[C@@H]7[C@]6(C)C(=O)O)[C@H]5CC[C@]43C)[C@H]2[C@]1(C)O. The van der Waals surface area contributed by atoms with Gasteiger partial charge in [-0.15, -0.1) is 0 Å². The van der Waals surface area contributed by atoms with E-state index in [1.54, 1.807) is 27.7 Å². The lowest BCUT2D eigenvalue weighted by Gasteiger charge is -2.72. The number of aliphatic hydroxyl groups is 13. The van der Waals surface area contributed by atoms with Gasteiger partial charge in [-0.05, 0) is 198 Å². The van der Waals surface area contributed by atoms with Crippen LogP contribution >= 0.6 is 0 Å². The molecular formula is C72H110O23. The van der Waals surface area contributed by atoms with Crippen molar-refractivity contribution in [1.29, 1.82) is 0 Å². The smallest absolute Gasteiger partial charge is 0.315 e. The molecular weight excluding hydrogens is 1230 g/mol. The van der Waals surface area contributed by atoms with Crippen LogP contribution in [-0.4, -0.2) is 206 Å². The molecule has 0 amide bonds. The Morgan fingerprint density at radius 3 is 1.25 bits per heavy atom. The van der Waals surface area contributed by atoms with Crippen LogP contribution < -0.4 is 0 Å². The Kier molecular flexibility index (Phi) is 17.4. The van der Waals surface area contributed by atoms with Crippen LogP contribution in [0, 0.1) is 101 Å². The molecule has 2 aliphatic heterocycles. The topological polar surface area (TPSA) is 398 Å². The van der Waals surface area contributed by atoms with E-state index in [4.69, 9.17) is 23.7 Å². The molecule has 0 unspecified atom stereocenters. The second-order valence-corrected chi connectivity index (χ2v) is 35.0. The summed E-state index contributed by atoms with van der Waals surface area (Å²) in [5.41, 5.74) is -11.9. The summed E-state index contributed by atoms with van der Waals surface area (Å²) in [7, 11) is 0. The maximum Gasteiger partial charge on any atom is 0.315 e. The lowest BCUT2D eigenvalue weighted by molar-refractivity contribution is -0.299. The van der Waals surface area contributed by atoms with Crippen LogP contribution in [0.3, 0.4) is 0 Å². The van der Waals surface area contributed by atoms with E-state index in [1.165, 1.54) is 0 Å². The van der Waals surface area contributed by atoms with Gasteiger partial charge in [-0.1, -0.05) is 78.7 Å². The van der Waals surface area contributed by atoms with Gasteiger partial charge in [0.2, 0.25) is 12.6 Å². The average molecular weight is 1340 g/mol. The average Bonchev–Trinajstić information content (AvgIpc) is 0.673. The Labute approximate surface area is 557 Å². The maximum atomic E-state index is 15.8. The van der Waals surface area contributed by atoms with Crippen molar-refractivity contribution in [2.45, 2.75) is 283 Å². The summed E-state index contributed by atoms with van der Waals surface area (Å²) >= 11 is 0. The Bertz CT molecular complexity index is 3110. The number of carboxylic acid groups (broad SMARTS) is 1. The van der Waals surface area contributed by atoms with Crippen molar-refractivity contribution >= 4 is 23.9 Å². The van der Waals surface area contributed by atoms with E-state index in [1.807, 2.05) is 20.8 Å². The summed E-state index contributed by atoms with van der Waals surface area (Å²) in [6.07, 6.45) is -13.1. The third-order valence-corrected chi connectivity index (χ3v) is 31.4. The summed E-state index contributed by atoms with van der Waals surface area (Å²) in [6, 6.07) is 0. The number of fused-ring (bicyclic) bond motifs is 14. The van der Waals surface area contributed by atoms with Crippen LogP contribution in [0.25, 0.3) is 0 Å². The summed E-state index contributed by atoms with van der Waals surface area (Å²) in [6.45, 7) is 21.9. The minimum absolute atomic E-state index is 0.0433. The number of esters is 3. The predicted molar refractivity (Wildman–Crippen MR) is 336 cm³/mol. The fourth-order valence-electron chi connectivity index (χ4n) is 25.0. The van der Waals surface area contributed by atoms with Crippen LogP contribution in [0.15, 0.2) is 23.3 Å². The number of carbonyl (C=O) groups is 4. The molecule has 10 aliphatic carbocycles. The minimum Gasteiger partial charge on any atom is -0.481 e. The monoisotopic (exact) mass is 1340 g/mol. The molecule has 14 N–H and O–H groups in total. The highest BCUT2D eigenvalue weighted by molar-refractivity contribution is 5.82. The van der Waals surface area contributed by atoms with Gasteiger partial charge in [-0.2, -0.15) is 0 Å². The van der Waals surface area contributed by atoms with Crippen LogP contribution in [0.1, 0.15) is 186 Å². The molecule has 95 heavy (non-hydrogen) atoms. The fourth-order valence-corrected chi connectivity index (χ4v) is 25.0. The van der Waals surface area contributed by atoms with Gasteiger partial charge in [0.15, 0.2) is 0 Å². The van der Waals surface area contributed by atoms with Gasteiger partial charge in [-0.25, -0.2) is 0 Å². The molecule has 0 aromatic heterocycles. The minimum atomic E-state index is -1.88. The summed E-state index contributed by atoms with van der Waals surface area (Å²) in [5, 5.41) is 159. The van der Waals surface area contributed by atoms with Crippen LogP contribution in [0.5, 0.6) is 0 Å². The van der Waals surface area contributed by atoms with Gasteiger partial charge < -0.3 is 95.2 Å². The van der Waals surface area contributed by atoms with E-state index in [2.05, 4.69) is 46.8 Å². The Morgan fingerprint density at radius 2 is 0.863 bits per heavy atom. The van der Waals surface area contributed by atoms with Crippen molar-refractivity contribution < 1.29 is 114 Å². The van der Waals surface area contributed by atoms with Gasteiger partial charge in [0.1, 0.15) is 60.4 Å². The number of rotatable bonds is 9. The fraction of sp³-hybridized carbons (Fsp3) is 0.889. The van der Waals surface area contributed by atoms with Gasteiger partial charge >= 0.3 is 23.9 Å². The second kappa shape index (κ2) is 23.1. The first-order valence-electron chi connectivity index (χ1n) is 35.4. The quantitative estimate of drug-likeness (QED) is 0.0892. The molecule has 0 radical (unpaired) electrons. The number of hydrogen-bond donors (Lipinski definition) is 14. The second-order valence-electron chi connectivity index (χ2n) is 35.0. The van der Waals surface area contributed by atoms with Gasteiger partial charge in [0, 0.05) is 11.8 Å². The van der Waals surface area contributed by atoms with Crippen LogP contribution in [-0.2, 0) is 42.9 Å². The highest BCUT2D eigenvalue weighted by Gasteiger charge is 2.78. The first-order chi connectivity index (χ1) is 44.0. The Morgan fingerprint density at radius 1 is 0.474 bits per heavy atom. The van der Waals surface area contributed by atoms with E-state index in [9.17, 15) is 81.1 Å². The largest absolute Gasteiger partial charge is 0.481 e. The number of aliphatic hydroxyl groups excluding tert-OH is 11. The molecule has 8 saturated carbocycles. The standard InChI is InChI=1S/C72H110O23/c1-33-17-23-71(59(87)94-55-49(81)47(79)45(77)39(31-73)91-55)27-25-63(5)35(51(71)69(33,11)89)13-15-41-61(3)29-37(75)53(83)67(9,43(61)19-21-65(41,63)7)58(86)93-54-38(76)30-62(4)42-16-14-36-52-70(12,90)34(2)18-24-72(52,60(88)95-56-50(82)48(80)46(78)40(32-74)92-56)28-26-64(36,6)66(42,8)22-20-44(62)68(54,10)57(84)85/h13-14,33-34,37-56,73-83,89-90H,15-32H2,1-12H3,(H,84,85)/t33-,34-,37-,38-,39-,40-,41-,42-,43+,44+,45-,46-,47+,48+,49-,50-,51+,52-,53+,54-,55+,56+,61-,62-,63-,64-,65-,66-,67+,68+,69-,70-,71+,72+/m1/s1. The molecule has 0 aromatic rings. The highest BCUT2D eigenvalue weighted by Crippen LogP contribution is 2.79. The van der Waals surface area contributed by atoms with Crippen molar-refractivity contribution in [3.05, 3.63) is 23.3 Å². The molecule has 0 spiro atoms. The number of aliphatic carboxylic acids is 1. The Balaban J connectivity index is 0.826. The van der Waals surface area contributed by atoms with Gasteiger partial charge in [-0.3, -0.25) is 19.2 Å². The van der Waals surface area contributed by atoms with Gasteiger partial charge in [0.25, 0.3) is 0 Å². The zero-order valence-electron chi connectivity index (χ0n) is 57.5. The molecule has 0 aromatic carbocycles. The molecule has 23 heteroatoms. The zero-order chi connectivity index (χ0) is 69.8. The third-order valence-electron chi connectivity index (χ3n) is 31.4. The van der Waals surface area contributed by atoms with E-state index < -0.39 is 212 Å². The molecule has 0 bridgehead atoms. The lowest BCUT2D eigenvalue weighted by Crippen LogP contribution is -2.72. The van der Waals surface area contributed by atoms with Crippen molar-refractivity contribution in [3.63, 3.8) is 0 Å². The highest BCUT2D eigenvalue weighted by atomic mass is 16.7. The van der Waals surface area contributed by atoms with Gasteiger partial charge in [0.05, 0.1) is 59.0 Å². The van der Waals surface area contributed by atoms with E-state index in [0.717, 1.165) is 11.1 Å². The normalized spacial score (nSPS) is 57.1. The Hall–Kier alpha value is -3.24. The summed E-state index contributed by atoms with van der Waals surface area (Å²) in [5.74, 6) is -7.65. The maximum absolute atomic E-state index is 15.8. The third kappa shape index (κ3) is 9.34. The molecule has 2 saturated heterocycles. The van der Waals surface area contributed by atoms with Crippen molar-refractivity contribution in [3.8, 4) is 0 Å². The number of carbonyl (C=O) groups excluding carboxylic acids is 3. The molecule has 23 nitrogen and oxygen atoms in total. The first kappa shape index (κ1) is 71.6. The van der Waals surface area contributed by atoms with Crippen molar-refractivity contribution in [1.82, 2.24) is 0 Å². The van der Waals surface area contributed by atoms with Crippen molar-refractivity contribution in [2.75, 3.05) is 13.2 Å². The van der Waals surface area contributed by atoms with Crippen LogP contribution in [0.2, 0.25) is 0 Å². The molecule has 10 fully saturated rings. The van der Waals surface area contributed by atoms with E-state index in [0.29, 0.717) is 77.0 Å². The predicted octanol–water partition coefficient (Wildman–Crippen LogP) is 3.48. The number of hydrogen-bond acceptors (Lipinski definition) is 22. The number of carboxylic acids is 1.